The first kappa shape index (κ1) is 89.2. The monoisotopic (exact) mass is 1350 g/mol. The number of carbonyl (C=O) groups excluding carboxylic acids is 3. The number of phosphoric ester groups is 2. The van der Waals surface area contributed by atoms with E-state index in [2.05, 4.69) is 130 Å². The standard InChI is InChI=1S/C75H130O16P2/c1-4-7-10-13-16-19-22-25-27-29-31-32-33-34-35-36-38-40-41-44-46-49-52-55-58-61-73(78)85-64-70(76)65-87-92(81,82)88-66-71(77)67-89-93(83,84)90-69-72(91-75(80)63-60-57-54-51-48-43-24-21-18-15-12-9-6-3)68-86-74(79)62-59-56-53-50-47-45-42-39-37-30-28-26-23-20-17-14-11-8-5-2/h7-8,10-11,16-17,19-20,25-28,31-32,34-35,37,39,70-72,76-77H,4-6,9,12-15,18,21-24,29-30,33,36,38,40-69H2,1-3H3,(H,81,82)(H,83,84)/b10-7-,11-8-,19-16-,20-17-,27-25-,28-26-,32-31-,35-34-,39-37-. The first-order valence-electron chi connectivity index (χ1n) is 36.2. The van der Waals surface area contributed by atoms with Crippen LogP contribution in [0.4, 0.5) is 0 Å². The Labute approximate surface area is 564 Å². The van der Waals surface area contributed by atoms with Crippen molar-refractivity contribution in [2.45, 2.75) is 309 Å². The van der Waals surface area contributed by atoms with Crippen molar-refractivity contribution in [1.82, 2.24) is 0 Å². The van der Waals surface area contributed by atoms with E-state index in [0.29, 0.717) is 19.3 Å². The van der Waals surface area contributed by atoms with Gasteiger partial charge >= 0.3 is 33.6 Å². The maximum absolute atomic E-state index is 12.9. The molecule has 0 aliphatic carbocycles. The Bertz CT molecular complexity index is 2130. The molecular weight excluding hydrogens is 1220 g/mol. The van der Waals surface area contributed by atoms with Gasteiger partial charge in [-0.1, -0.05) is 278 Å². The van der Waals surface area contributed by atoms with Crippen molar-refractivity contribution in [3.05, 3.63) is 109 Å². The van der Waals surface area contributed by atoms with Gasteiger partial charge in [0.25, 0.3) is 0 Å². The molecule has 536 valence electrons. The van der Waals surface area contributed by atoms with Crippen molar-refractivity contribution in [2.24, 2.45) is 0 Å². The molecule has 16 nitrogen and oxygen atoms in total. The molecule has 0 fully saturated rings. The Morgan fingerprint density at radius 2 is 0.570 bits per heavy atom. The molecule has 0 amide bonds. The summed E-state index contributed by atoms with van der Waals surface area (Å²) in [6.45, 7) is 2.44. The number of rotatable bonds is 68. The van der Waals surface area contributed by atoms with Gasteiger partial charge in [0, 0.05) is 19.3 Å². The number of aliphatic hydroxyl groups excluding tert-OH is 2. The molecule has 0 aliphatic rings. The number of allylic oxidation sites excluding steroid dienone is 18. The zero-order chi connectivity index (χ0) is 68.1. The number of carbonyl (C=O) groups is 3. The third kappa shape index (κ3) is 69.4. The highest BCUT2D eigenvalue weighted by Gasteiger charge is 2.29. The minimum atomic E-state index is -4.93. The number of esters is 3. The lowest BCUT2D eigenvalue weighted by Crippen LogP contribution is -2.30. The number of unbranched alkanes of at least 4 members (excludes halogenated alkanes) is 27. The van der Waals surface area contributed by atoms with Crippen LogP contribution < -0.4 is 0 Å². The second kappa shape index (κ2) is 68.2. The lowest BCUT2D eigenvalue weighted by molar-refractivity contribution is -0.161. The topological polar surface area (TPSA) is 231 Å². The third-order valence-electron chi connectivity index (χ3n) is 15.0. The number of hydrogen-bond donors (Lipinski definition) is 4. The second-order valence-electron chi connectivity index (χ2n) is 24.0. The molecule has 0 spiro atoms. The number of phosphoric acid groups is 2. The molecule has 0 rings (SSSR count). The molecule has 0 heterocycles. The Balaban J connectivity index is 4.56. The SMILES string of the molecule is CC/C=C\C/C=C\C/C=C\C/C=C\C/C=C\CCCCCCCCCCCC(=O)OCC(O)COP(=O)(O)OCC(O)COP(=O)(O)OCC(COC(=O)CCCCCCCC/C=C\C/C=C\C/C=C\C/C=C\CC)OC(=O)CCCCCCCCCCCCCCC. The molecule has 18 heteroatoms. The lowest BCUT2D eigenvalue weighted by atomic mass is 10.0. The normalized spacial score (nSPS) is 14.8. The van der Waals surface area contributed by atoms with E-state index < -0.39 is 91.5 Å². The molecule has 5 atom stereocenters. The summed E-state index contributed by atoms with van der Waals surface area (Å²) in [5, 5.41) is 20.6. The Hall–Kier alpha value is -3.79. The summed E-state index contributed by atoms with van der Waals surface area (Å²) >= 11 is 0. The predicted octanol–water partition coefficient (Wildman–Crippen LogP) is 20.4. The van der Waals surface area contributed by atoms with Crippen molar-refractivity contribution < 1.29 is 75.8 Å². The smallest absolute Gasteiger partial charge is 0.463 e. The first-order chi connectivity index (χ1) is 45.2. The van der Waals surface area contributed by atoms with E-state index in [1.54, 1.807) is 0 Å². The van der Waals surface area contributed by atoms with Gasteiger partial charge in [-0.25, -0.2) is 9.13 Å². The van der Waals surface area contributed by atoms with Gasteiger partial charge in [0.2, 0.25) is 0 Å². The summed E-state index contributed by atoms with van der Waals surface area (Å²) in [5.74, 6) is -1.59. The number of hydrogen-bond acceptors (Lipinski definition) is 14. The van der Waals surface area contributed by atoms with Crippen LogP contribution in [-0.4, -0.2) is 95.9 Å². The highest BCUT2D eigenvalue weighted by molar-refractivity contribution is 7.47. The molecule has 0 aromatic carbocycles. The van der Waals surface area contributed by atoms with Crippen LogP contribution in [0.1, 0.15) is 290 Å². The van der Waals surface area contributed by atoms with Crippen LogP contribution in [0.15, 0.2) is 109 Å². The highest BCUT2D eigenvalue weighted by Crippen LogP contribution is 2.45. The fraction of sp³-hybridized carbons (Fsp3) is 0.720. The van der Waals surface area contributed by atoms with E-state index in [-0.39, 0.29) is 19.3 Å². The van der Waals surface area contributed by atoms with Gasteiger partial charge in [-0.2, -0.15) is 0 Å². The summed E-state index contributed by atoms with van der Waals surface area (Å²) in [5.41, 5.74) is 0. The van der Waals surface area contributed by atoms with Crippen molar-refractivity contribution in [1.29, 1.82) is 0 Å². The van der Waals surface area contributed by atoms with Crippen molar-refractivity contribution >= 4 is 33.6 Å². The molecule has 0 aliphatic heterocycles. The van der Waals surface area contributed by atoms with Crippen LogP contribution in [0.3, 0.4) is 0 Å². The predicted molar refractivity (Wildman–Crippen MR) is 380 cm³/mol. The lowest BCUT2D eigenvalue weighted by Gasteiger charge is -2.21. The summed E-state index contributed by atoms with van der Waals surface area (Å²) in [4.78, 5) is 58.5. The van der Waals surface area contributed by atoms with Crippen molar-refractivity contribution in [3.8, 4) is 0 Å². The van der Waals surface area contributed by atoms with Crippen molar-refractivity contribution in [3.63, 3.8) is 0 Å². The molecule has 0 saturated heterocycles. The number of aliphatic hydroxyl groups is 2. The minimum absolute atomic E-state index is 0.103. The zero-order valence-corrected chi connectivity index (χ0v) is 59.9. The molecule has 93 heavy (non-hydrogen) atoms. The molecular formula is C75H130O16P2. The largest absolute Gasteiger partial charge is 0.472 e. The fourth-order valence-electron chi connectivity index (χ4n) is 9.53. The highest BCUT2D eigenvalue weighted by atomic mass is 31.2. The first-order valence-corrected chi connectivity index (χ1v) is 39.2. The second-order valence-corrected chi connectivity index (χ2v) is 26.9. The summed E-state index contributed by atoms with van der Waals surface area (Å²) in [6.07, 6.45) is 77.0. The van der Waals surface area contributed by atoms with Gasteiger partial charge in [0.15, 0.2) is 6.10 Å². The molecule has 0 saturated carbocycles. The summed E-state index contributed by atoms with van der Waals surface area (Å²) in [6, 6.07) is 0. The Morgan fingerprint density at radius 1 is 0.312 bits per heavy atom. The Kier molecular flexibility index (Phi) is 65.4. The maximum Gasteiger partial charge on any atom is 0.472 e. The van der Waals surface area contributed by atoms with Crippen LogP contribution >= 0.6 is 15.6 Å². The summed E-state index contributed by atoms with van der Waals surface area (Å²) in [7, 11) is -9.78. The molecule has 5 unspecified atom stereocenters. The van der Waals surface area contributed by atoms with Gasteiger partial charge in [-0.15, -0.1) is 0 Å². The van der Waals surface area contributed by atoms with Crippen LogP contribution in [0.5, 0.6) is 0 Å². The van der Waals surface area contributed by atoms with Gasteiger partial charge in [0.05, 0.1) is 26.4 Å². The minimum Gasteiger partial charge on any atom is -0.463 e. The van der Waals surface area contributed by atoms with Gasteiger partial charge in [0.1, 0.15) is 25.4 Å². The average molecular weight is 1350 g/mol. The molecule has 4 N–H and O–H groups in total. The van der Waals surface area contributed by atoms with Crippen molar-refractivity contribution in [2.75, 3.05) is 39.6 Å². The van der Waals surface area contributed by atoms with Gasteiger partial charge < -0.3 is 34.2 Å². The van der Waals surface area contributed by atoms with E-state index in [4.69, 9.17) is 32.3 Å². The maximum atomic E-state index is 12.9. The third-order valence-corrected chi connectivity index (χ3v) is 16.9. The van der Waals surface area contributed by atoms with E-state index in [9.17, 15) is 43.5 Å². The van der Waals surface area contributed by atoms with E-state index in [1.165, 1.54) is 77.0 Å². The van der Waals surface area contributed by atoms with Crippen LogP contribution in [0.2, 0.25) is 0 Å². The van der Waals surface area contributed by atoms with E-state index in [0.717, 1.165) is 154 Å². The van der Waals surface area contributed by atoms with Crippen LogP contribution in [-0.2, 0) is 55.8 Å². The molecule has 0 radical (unpaired) electrons. The average Bonchev–Trinajstić information content (AvgIpc) is 3.74. The number of ether oxygens (including phenoxy) is 3. The van der Waals surface area contributed by atoms with E-state index >= 15 is 0 Å². The molecule has 0 bridgehead atoms. The Morgan fingerprint density at radius 3 is 0.903 bits per heavy atom. The van der Waals surface area contributed by atoms with Crippen LogP contribution in [0, 0.1) is 0 Å². The van der Waals surface area contributed by atoms with Gasteiger partial charge in [-0.05, 0) is 103 Å². The summed E-state index contributed by atoms with van der Waals surface area (Å²) < 4.78 is 61.0. The quantitative estimate of drug-likeness (QED) is 0.0146. The molecule has 0 aromatic rings. The fourth-order valence-corrected chi connectivity index (χ4v) is 11.1. The van der Waals surface area contributed by atoms with Gasteiger partial charge in [-0.3, -0.25) is 32.5 Å². The van der Waals surface area contributed by atoms with Crippen LogP contribution in [0.25, 0.3) is 0 Å². The molecule has 0 aromatic heterocycles. The van der Waals surface area contributed by atoms with E-state index in [1.807, 2.05) is 0 Å². The zero-order valence-electron chi connectivity index (χ0n) is 58.1.